The number of nitrogens with one attached hydrogen (secondary N) is 1. The molecule has 0 bridgehead atoms. The number of para-hydroxylation sites is 3. The van der Waals surface area contributed by atoms with E-state index in [1.807, 2.05) is 11.3 Å². The first kappa shape index (κ1) is 30.6. The van der Waals surface area contributed by atoms with Gasteiger partial charge in [-0.05, 0) is 65.9 Å². The molecule has 3 heterocycles. The Bertz CT molecular complexity index is 2810. The van der Waals surface area contributed by atoms with Gasteiger partial charge in [-0.1, -0.05) is 140 Å². The maximum Gasteiger partial charge on any atom is 0.133 e. The van der Waals surface area contributed by atoms with Gasteiger partial charge in [0.25, 0.3) is 0 Å². The second-order valence-electron chi connectivity index (χ2n) is 13.5. The SMILES string of the molecule is C1=C(c2ccccc2)NC(c2ccccc2)=NC(c2cccc3sc4ccc(-c5cccc6c7ccccc7n(-c7ccccc7)c56)cc4c23)CC1. The summed E-state index contributed by atoms with van der Waals surface area (Å²) < 4.78 is 5.03. The molecule has 0 spiro atoms. The normalized spacial score (nSPS) is 15.0. The fourth-order valence-electron chi connectivity index (χ4n) is 7.99. The van der Waals surface area contributed by atoms with Crippen molar-refractivity contribution in [1.82, 2.24) is 9.88 Å². The first-order valence-corrected chi connectivity index (χ1v) is 18.8. The van der Waals surface area contributed by atoms with E-state index in [1.54, 1.807) is 0 Å². The number of allylic oxidation sites excluding steroid dienone is 1. The Morgan fingerprint density at radius 1 is 0.577 bits per heavy atom. The highest BCUT2D eigenvalue weighted by atomic mass is 32.1. The van der Waals surface area contributed by atoms with Crippen LogP contribution in [0.4, 0.5) is 0 Å². The second-order valence-corrected chi connectivity index (χ2v) is 14.6. The van der Waals surface area contributed by atoms with Crippen molar-refractivity contribution < 1.29 is 0 Å². The molecule has 0 aliphatic carbocycles. The Labute approximate surface area is 306 Å². The third-order valence-electron chi connectivity index (χ3n) is 10.4. The zero-order valence-electron chi connectivity index (χ0n) is 28.5. The number of thiophene rings is 1. The standard InChI is InChI=1S/C48H35N3S/c1-4-15-32(16-5-1)41-25-14-26-42(50-48(49-41)33-17-6-2-7-18-33)39-24-13-28-45-46(39)40-31-34(29-30-44(40)52-45)36-22-12-23-38-37-21-10-11-27-43(37)51(47(36)38)35-19-8-3-9-20-35/h1-13,15-25,27-31,42H,14,26H2,(H,49,50). The highest BCUT2D eigenvalue weighted by Crippen LogP contribution is 2.44. The van der Waals surface area contributed by atoms with E-state index < -0.39 is 0 Å². The van der Waals surface area contributed by atoms with E-state index >= 15 is 0 Å². The largest absolute Gasteiger partial charge is 0.340 e. The minimum absolute atomic E-state index is 0.00882. The fraction of sp³-hybridized carbons (Fsp3) is 0.0625. The molecule has 0 fully saturated rings. The molecule has 248 valence electrons. The Kier molecular flexibility index (Phi) is 7.54. The molecule has 1 unspecified atom stereocenters. The van der Waals surface area contributed by atoms with Gasteiger partial charge in [0.05, 0.1) is 17.1 Å². The lowest BCUT2D eigenvalue weighted by molar-refractivity contribution is 0.662. The average molecular weight is 686 g/mol. The van der Waals surface area contributed by atoms with Crippen molar-refractivity contribution in [1.29, 1.82) is 0 Å². The summed E-state index contributed by atoms with van der Waals surface area (Å²) in [4.78, 5) is 5.55. The van der Waals surface area contributed by atoms with E-state index in [2.05, 4.69) is 186 Å². The fourth-order valence-corrected chi connectivity index (χ4v) is 9.11. The number of amidine groups is 1. The summed E-state index contributed by atoms with van der Waals surface area (Å²) >= 11 is 1.87. The average Bonchev–Trinajstić information content (AvgIpc) is 3.75. The number of hydrogen-bond acceptors (Lipinski definition) is 3. The van der Waals surface area contributed by atoms with Gasteiger partial charge in [-0.2, -0.15) is 0 Å². The van der Waals surface area contributed by atoms with Crippen molar-refractivity contribution in [3.8, 4) is 16.8 Å². The van der Waals surface area contributed by atoms with E-state index in [0.717, 1.165) is 29.9 Å². The number of benzene rings is 7. The number of rotatable bonds is 5. The number of aromatic nitrogens is 1. The second kappa shape index (κ2) is 12.8. The van der Waals surface area contributed by atoms with E-state index in [0.29, 0.717) is 0 Å². The van der Waals surface area contributed by atoms with Gasteiger partial charge in [-0.25, -0.2) is 0 Å². The zero-order chi connectivity index (χ0) is 34.4. The molecule has 1 aliphatic rings. The first-order valence-electron chi connectivity index (χ1n) is 18.0. The lowest BCUT2D eigenvalue weighted by Crippen LogP contribution is -2.25. The monoisotopic (exact) mass is 685 g/mol. The molecule has 0 radical (unpaired) electrons. The van der Waals surface area contributed by atoms with E-state index in [9.17, 15) is 0 Å². The van der Waals surface area contributed by atoms with E-state index in [-0.39, 0.29) is 6.04 Å². The summed E-state index contributed by atoms with van der Waals surface area (Å²) in [5, 5.41) is 8.89. The van der Waals surface area contributed by atoms with Crippen LogP contribution in [0, 0.1) is 0 Å². The number of nitrogens with zero attached hydrogens (tertiary/aromatic N) is 2. The molecule has 0 amide bonds. The third kappa shape index (κ3) is 5.23. The maximum absolute atomic E-state index is 5.55. The van der Waals surface area contributed by atoms with Crippen LogP contribution in [-0.2, 0) is 0 Å². The van der Waals surface area contributed by atoms with Crippen molar-refractivity contribution >= 4 is 64.8 Å². The summed E-state index contributed by atoms with van der Waals surface area (Å²) in [5.74, 6) is 0.901. The highest BCUT2D eigenvalue weighted by molar-refractivity contribution is 7.25. The van der Waals surface area contributed by atoms with Crippen molar-refractivity contribution in [2.75, 3.05) is 0 Å². The van der Waals surface area contributed by atoms with E-state index in [4.69, 9.17) is 4.99 Å². The predicted molar refractivity (Wildman–Crippen MR) is 222 cm³/mol. The minimum Gasteiger partial charge on any atom is -0.340 e. The molecule has 9 aromatic rings. The summed E-state index contributed by atoms with van der Waals surface area (Å²) in [6, 6.07) is 61.2. The molecular weight excluding hydrogens is 651 g/mol. The molecule has 2 aromatic heterocycles. The molecule has 10 rings (SSSR count). The lowest BCUT2D eigenvalue weighted by atomic mass is 9.94. The summed E-state index contributed by atoms with van der Waals surface area (Å²) in [6.45, 7) is 0. The van der Waals surface area contributed by atoms with E-state index in [1.165, 1.54) is 69.9 Å². The number of aliphatic imine (C=N–C) groups is 1. The van der Waals surface area contributed by atoms with Crippen LogP contribution in [0.25, 0.3) is 64.5 Å². The van der Waals surface area contributed by atoms with Crippen LogP contribution in [0.1, 0.15) is 35.6 Å². The first-order chi connectivity index (χ1) is 25.8. The van der Waals surface area contributed by atoms with Crippen LogP contribution in [0.3, 0.4) is 0 Å². The Morgan fingerprint density at radius 2 is 1.29 bits per heavy atom. The molecule has 0 saturated heterocycles. The molecule has 3 nitrogen and oxygen atoms in total. The zero-order valence-corrected chi connectivity index (χ0v) is 29.4. The maximum atomic E-state index is 5.55. The minimum atomic E-state index is -0.00882. The van der Waals surface area contributed by atoms with Crippen LogP contribution in [0.15, 0.2) is 181 Å². The highest BCUT2D eigenvalue weighted by Gasteiger charge is 2.22. The van der Waals surface area contributed by atoms with Crippen LogP contribution in [0.5, 0.6) is 0 Å². The van der Waals surface area contributed by atoms with Crippen molar-refractivity contribution in [2.24, 2.45) is 4.99 Å². The van der Waals surface area contributed by atoms with Gasteiger partial charge in [0.1, 0.15) is 5.84 Å². The van der Waals surface area contributed by atoms with Crippen LogP contribution in [-0.4, -0.2) is 10.4 Å². The molecule has 1 aliphatic heterocycles. The van der Waals surface area contributed by atoms with Crippen LogP contribution < -0.4 is 5.32 Å². The van der Waals surface area contributed by atoms with Gasteiger partial charge in [0.15, 0.2) is 0 Å². The summed E-state index contributed by atoms with van der Waals surface area (Å²) in [6.07, 6.45) is 4.18. The third-order valence-corrected chi connectivity index (χ3v) is 11.5. The van der Waals surface area contributed by atoms with Gasteiger partial charge in [0, 0.05) is 53.5 Å². The molecule has 0 saturated carbocycles. The van der Waals surface area contributed by atoms with Crippen molar-refractivity contribution in [2.45, 2.75) is 18.9 Å². The predicted octanol–water partition coefficient (Wildman–Crippen LogP) is 12.7. The smallest absolute Gasteiger partial charge is 0.133 e. The Morgan fingerprint density at radius 3 is 2.12 bits per heavy atom. The molecule has 1 atom stereocenters. The quantitative estimate of drug-likeness (QED) is 0.192. The topological polar surface area (TPSA) is 29.3 Å². The van der Waals surface area contributed by atoms with Gasteiger partial charge >= 0.3 is 0 Å². The van der Waals surface area contributed by atoms with Gasteiger partial charge < -0.3 is 9.88 Å². The Balaban J connectivity index is 1.15. The summed E-state index contributed by atoms with van der Waals surface area (Å²) in [5.41, 5.74) is 10.7. The van der Waals surface area contributed by atoms with Crippen LogP contribution >= 0.6 is 11.3 Å². The molecule has 4 heteroatoms. The lowest BCUT2D eigenvalue weighted by Gasteiger charge is -2.22. The van der Waals surface area contributed by atoms with Gasteiger partial charge in [-0.15, -0.1) is 11.3 Å². The van der Waals surface area contributed by atoms with Crippen molar-refractivity contribution in [3.05, 3.63) is 193 Å². The molecule has 52 heavy (non-hydrogen) atoms. The van der Waals surface area contributed by atoms with Crippen LogP contribution in [0.2, 0.25) is 0 Å². The van der Waals surface area contributed by atoms with Crippen molar-refractivity contribution in [3.63, 3.8) is 0 Å². The summed E-state index contributed by atoms with van der Waals surface area (Å²) in [7, 11) is 0. The van der Waals surface area contributed by atoms with Gasteiger partial charge in [-0.3, -0.25) is 4.99 Å². The molecular formula is C48H35N3S. The molecule has 1 N–H and O–H groups in total. The number of hydrogen-bond donors (Lipinski definition) is 1. The van der Waals surface area contributed by atoms with Gasteiger partial charge in [0.2, 0.25) is 0 Å². The molecule has 7 aromatic carbocycles. The number of fused-ring (bicyclic) bond motifs is 6. The Hall–Kier alpha value is -6.23.